The number of hydrogen-bond donors (Lipinski definition) is 1. The number of cyclic esters (lactones) is 1. The molecule has 10 rings (SSSR count). The first-order valence-electron chi connectivity index (χ1n) is 24.3. The first-order valence-corrected chi connectivity index (χ1v) is 24.3. The molecule has 1 N–H and O–H groups in total. The Bertz CT molecular complexity index is 3090. The fourth-order valence-corrected chi connectivity index (χ4v) is 11.4. The number of benzene rings is 6. The highest BCUT2D eigenvalue weighted by atomic mass is 16.6. The van der Waals surface area contributed by atoms with Crippen LogP contribution in [0.5, 0.6) is 17.2 Å². The number of carbonyl (C=O) groups excluding carboxylic acids is 4. The maximum Gasteiger partial charge on any atom is 0.421 e. The van der Waals surface area contributed by atoms with E-state index in [0.717, 1.165) is 27.2 Å². The average Bonchev–Trinajstić information content (AvgIpc) is 3.87. The van der Waals surface area contributed by atoms with Crippen LogP contribution in [0, 0.1) is 17.8 Å². The van der Waals surface area contributed by atoms with Gasteiger partial charge in [-0.3, -0.25) is 24.2 Å². The lowest BCUT2D eigenvalue weighted by Gasteiger charge is -2.46. The van der Waals surface area contributed by atoms with E-state index in [1.54, 1.807) is 49.5 Å². The number of rotatable bonds is 12. The molecule has 73 heavy (non-hydrogen) atoms. The molecule has 3 amide bonds. The van der Waals surface area contributed by atoms with Crippen LogP contribution >= 0.6 is 0 Å². The quantitative estimate of drug-likeness (QED) is 0.0722. The number of methoxy groups -OCH3 is 3. The number of phenolic OH excluding ortho intramolecular Hbond substituents is 1. The van der Waals surface area contributed by atoms with E-state index in [9.17, 15) is 9.90 Å². The van der Waals surface area contributed by atoms with Crippen LogP contribution in [0.15, 0.2) is 146 Å². The van der Waals surface area contributed by atoms with Crippen molar-refractivity contribution in [2.75, 3.05) is 59.6 Å². The monoisotopic (exact) mass is 980 g/mol. The van der Waals surface area contributed by atoms with Crippen molar-refractivity contribution in [3.8, 4) is 29.1 Å². The minimum Gasteiger partial charge on any atom is -0.508 e. The molecular weight excluding hydrogens is 925 g/mol. The molecule has 4 aliphatic heterocycles. The number of morpholine rings is 1. The Balaban J connectivity index is 1.22. The van der Waals surface area contributed by atoms with Gasteiger partial charge in [0.25, 0.3) is 0 Å². The molecule has 6 atom stereocenters. The highest BCUT2D eigenvalue weighted by molar-refractivity contribution is 6.23. The SMILES string of the molecule is COCCOC(=O)N1C(=O)[C@@]2(c3cc(C#CCN(C)Cc4ccccc4)ccc31)[C@H](C(=O)N1CCc3cc(OC)c(OC)cc3C1)[C@H]1C(=O)O[C@H](c3ccccc3)[C@H](c3ccccc3)N1[C@@H]2c1ccc(O)cc1. The summed E-state index contributed by atoms with van der Waals surface area (Å²) < 4.78 is 29.0. The number of anilines is 1. The smallest absolute Gasteiger partial charge is 0.421 e. The van der Waals surface area contributed by atoms with Gasteiger partial charge in [-0.05, 0) is 94.9 Å². The number of hydrogen-bond acceptors (Lipinski definition) is 12. The second-order valence-corrected chi connectivity index (χ2v) is 18.8. The minimum absolute atomic E-state index is 0.0323. The van der Waals surface area contributed by atoms with Gasteiger partial charge in [-0.1, -0.05) is 115 Å². The molecule has 0 aromatic heterocycles. The van der Waals surface area contributed by atoms with Crippen LogP contribution < -0.4 is 14.4 Å². The molecule has 14 nitrogen and oxygen atoms in total. The van der Waals surface area contributed by atoms with Crippen molar-refractivity contribution in [3.05, 3.63) is 190 Å². The first kappa shape index (κ1) is 48.7. The van der Waals surface area contributed by atoms with Gasteiger partial charge in [0, 0.05) is 32.3 Å². The number of aromatic hydroxyl groups is 1. The lowest BCUT2D eigenvalue weighted by molar-refractivity contribution is -0.179. The maximum absolute atomic E-state index is 16.6. The highest BCUT2D eigenvalue weighted by Crippen LogP contribution is 2.66. The molecule has 2 fully saturated rings. The van der Waals surface area contributed by atoms with Gasteiger partial charge in [0.1, 0.15) is 29.9 Å². The Labute approximate surface area is 424 Å². The summed E-state index contributed by atoms with van der Waals surface area (Å²) in [5.41, 5.74) is 3.86. The summed E-state index contributed by atoms with van der Waals surface area (Å²) in [5, 5.41) is 10.8. The molecule has 6 aromatic rings. The third kappa shape index (κ3) is 8.83. The van der Waals surface area contributed by atoms with Crippen molar-refractivity contribution in [1.82, 2.24) is 14.7 Å². The molecule has 1 spiro atoms. The van der Waals surface area contributed by atoms with Gasteiger partial charge in [-0.15, -0.1) is 0 Å². The molecule has 2 saturated heterocycles. The van der Waals surface area contributed by atoms with E-state index in [0.29, 0.717) is 53.3 Å². The molecule has 0 saturated carbocycles. The van der Waals surface area contributed by atoms with Crippen molar-refractivity contribution in [2.24, 2.45) is 5.92 Å². The summed E-state index contributed by atoms with van der Waals surface area (Å²) in [6, 6.07) is 41.2. The van der Waals surface area contributed by atoms with E-state index in [2.05, 4.69) is 28.9 Å². The molecule has 0 radical (unpaired) electrons. The van der Waals surface area contributed by atoms with Crippen LogP contribution in [0.3, 0.4) is 0 Å². The molecule has 372 valence electrons. The summed E-state index contributed by atoms with van der Waals surface area (Å²) in [6.07, 6.45) is -1.46. The second kappa shape index (κ2) is 20.6. The first-order chi connectivity index (χ1) is 35.6. The van der Waals surface area contributed by atoms with Crippen LogP contribution in [-0.4, -0.2) is 104 Å². The lowest BCUT2D eigenvalue weighted by Crippen LogP contribution is -2.57. The molecule has 14 heteroatoms. The Morgan fingerprint density at radius 2 is 1.42 bits per heavy atom. The zero-order chi connectivity index (χ0) is 50.8. The highest BCUT2D eigenvalue weighted by Gasteiger charge is 2.76. The van der Waals surface area contributed by atoms with Gasteiger partial charge in [-0.2, -0.15) is 0 Å². The average molecular weight is 981 g/mol. The van der Waals surface area contributed by atoms with Gasteiger partial charge in [-0.25, -0.2) is 9.69 Å². The second-order valence-electron chi connectivity index (χ2n) is 18.8. The fourth-order valence-electron chi connectivity index (χ4n) is 11.4. The van der Waals surface area contributed by atoms with Crippen LogP contribution in [0.4, 0.5) is 10.5 Å². The summed E-state index contributed by atoms with van der Waals surface area (Å²) in [6.45, 7) is 1.32. The van der Waals surface area contributed by atoms with Gasteiger partial charge < -0.3 is 33.7 Å². The topological polar surface area (TPSA) is 148 Å². The van der Waals surface area contributed by atoms with Gasteiger partial charge in [0.15, 0.2) is 11.5 Å². The van der Waals surface area contributed by atoms with Gasteiger partial charge in [0.05, 0.1) is 51.1 Å². The van der Waals surface area contributed by atoms with Crippen molar-refractivity contribution in [3.63, 3.8) is 0 Å². The van der Waals surface area contributed by atoms with Crippen molar-refractivity contribution >= 4 is 29.6 Å². The van der Waals surface area contributed by atoms with Crippen LogP contribution in [-0.2, 0) is 53.5 Å². The van der Waals surface area contributed by atoms with Crippen LogP contribution in [0.25, 0.3) is 0 Å². The molecule has 4 heterocycles. The van der Waals surface area contributed by atoms with Gasteiger partial charge >= 0.3 is 12.1 Å². The standard InChI is InChI=1S/C59H56N4O10/c1-60(36-39-15-8-5-9-16-39)29-14-17-38-22-27-47-46(33-38)59(57(67)62(47)58(68)72-32-31-69-2)50(55(65)61-30-28-43-34-48(70-3)49(71-4)35-44(43)37-61)52-56(66)73-53(41-20-12-7-13-21-41)51(40-18-10-6-11-19-40)63(52)54(59)42-23-25-45(64)26-24-42/h5-13,15-16,18-27,33-35,50-54,64H,28-32,36-37H2,1-4H3/t50-,51-,52-,53+,54+,59-/m0/s1. The molecular formula is C59H56N4O10. The number of amides is 3. The van der Waals surface area contributed by atoms with Gasteiger partial charge in [0.2, 0.25) is 11.8 Å². The summed E-state index contributed by atoms with van der Waals surface area (Å²) >= 11 is 0. The summed E-state index contributed by atoms with van der Waals surface area (Å²) in [7, 11) is 6.58. The van der Waals surface area contributed by atoms with E-state index < -0.39 is 59.4 Å². The third-order valence-corrected chi connectivity index (χ3v) is 14.5. The molecule has 0 aliphatic carbocycles. The summed E-state index contributed by atoms with van der Waals surface area (Å²) in [5.74, 6) is 4.17. The van der Waals surface area contributed by atoms with Crippen molar-refractivity contribution in [1.29, 1.82) is 0 Å². The Morgan fingerprint density at radius 3 is 2.10 bits per heavy atom. The van der Waals surface area contributed by atoms with Crippen molar-refractivity contribution in [2.45, 2.75) is 49.2 Å². The third-order valence-electron chi connectivity index (χ3n) is 14.5. The number of phenols is 1. The largest absolute Gasteiger partial charge is 0.508 e. The number of nitrogens with zero attached hydrogens (tertiary/aromatic N) is 4. The zero-order valence-corrected chi connectivity index (χ0v) is 41.1. The number of fused-ring (bicyclic) bond motifs is 4. The van der Waals surface area contributed by atoms with E-state index in [1.165, 1.54) is 19.2 Å². The fraction of sp³-hybridized carbons (Fsp3) is 0.288. The maximum atomic E-state index is 16.6. The van der Waals surface area contributed by atoms with E-state index >= 15 is 14.4 Å². The summed E-state index contributed by atoms with van der Waals surface area (Å²) in [4.78, 5) is 70.1. The number of esters is 1. The zero-order valence-electron chi connectivity index (χ0n) is 41.1. The van der Waals surface area contributed by atoms with E-state index in [4.69, 9.17) is 23.7 Å². The minimum atomic E-state index is -2.04. The normalized spacial score (nSPS) is 22.0. The van der Waals surface area contributed by atoms with Crippen LogP contribution in [0.1, 0.15) is 62.7 Å². The van der Waals surface area contributed by atoms with E-state index in [-0.39, 0.29) is 37.7 Å². The molecule has 4 aliphatic rings. The number of imide groups is 1. The predicted molar refractivity (Wildman–Crippen MR) is 272 cm³/mol. The van der Waals surface area contributed by atoms with Crippen molar-refractivity contribution < 1.29 is 48.0 Å². The number of ether oxygens (including phenoxy) is 5. The Hall–Kier alpha value is -7.96. The molecule has 6 aromatic carbocycles. The van der Waals surface area contributed by atoms with E-state index in [1.807, 2.05) is 103 Å². The molecule has 0 bridgehead atoms. The number of carbonyl (C=O) groups is 4. The Morgan fingerprint density at radius 1 is 0.767 bits per heavy atom. The van der Waals surface area contributed by atoms with Crippen LogP contribution in [0.2, 0.25) is 0 Å². The Kier molecular flexibility index (Phi) is 13.8. The predicted octanol–water partition coefficient (Wildman–Crippen LogP) is 7.93. The molecule has 0 unspecified atom stereocenters. The lowest BCUT2D eigenvalue weighted by atomic mass is 9.64.